The maximum Gasteiger partial charge on any atom is 0.195 e. The summed E-state index contributed by atoms with van der Waals surface area (Å²) in [7, 11) is 0. The van der Waals surface area contributed by atoms with Gasteiger partial charge in [0.15, 0.2) is 5.89 Å². The molecule has 17 heavy (non-hydrogen) atoms. The van der Waals surface area contributed by atoms with Gasteiger partial charge in [0.2, 0.25) is 0 Å². The smallest absolute Gasteiger partial charge is 0.195 e. The van der Waals surface area contributed by atoms with Crippen molar-refractivity contribution in [2.45, 2.75) is 47.0 Å². The van der Waals surface area contributed by atoms with Crippen LogP contribution < -0.4 is 5.32 Å². The van der Waals surface area contributed by atoms with Gasteiger partial charge in [-0.2, -0.15) is 0 Å². The zero-order chi connectivity index (χ0) is 12.7. The van der Waals surface area contributed by atoms with E-state index in [9.17, 15) is 0 Å². The van der Waals surface area contributed by atoms with Gasteiger partial charge in [0.25, 0.3) is 0 Å². The Bertz CT molecular complexity index is 305. The van der Waals surface area contributed by atoms with Crippen LogP contribution in [0.5, 0.6) is 0 Å². The molecule has 1 heterocycles. The Morgan fingerprint density at radius 3 is 2.59 bits per heavy atom. The Kier molecular flexibility index (Phi) is 6.27. The molecule has 1 N–H and O–H groups in total. The maximum atomic E-state index is 5.69. The summed E-state index contributed by atoms with van der Waals surface area (Å²) >= 11 is 0. The Labute approximate surface area is 105 Å². The van der Waals surface area contributed by atoms with Gasteiger partial charge >= 0.3 is 0 Å². The molecular formula is C14H26N2O. The summed E-state index contributed by atoms with van der Waals surface area (Å²) in [4.78, 5) is 4.30. The lowest BCUT2D eigenvalue weighted by molar-refractivity contribution is 0.429. The van der Waals surface area contributed by atoms with Gasteiger partial charge in [0, 0.05) is 19.4 Å². The number of rotatable bonds is 8. The number of aryl methyl sites for hydroxylation is 1. The van der Waals surface area contributed by atoms with Gasteiger partial charge in [0.1, 0.15) is 5.76 Å². The SMILES string of the molecule is CC(C)CCc1cnc(CCNCC(C)C)o1. The van der Waals surface area contributed by atoms with E-state index in [-0.39, 0.29) is 0 Å². The monoisotopic (exact) mass is 238 g/mol. The van der Waals surface area contributed by atoms with Crippen molar-refractivity contribution in [1.82, 2.24) is 10.3 Å². The van der Waals surface area contributed by atoms with Crippen molar-refractivity contribution >= 4 is 0 Å². The zero-order valence-corrected chi connectivity index (χ0v) is 11.6. The number of hydrogen-bond donors (Lipinski definition) is 1. The second-order valence-corrected chi connectivity index (χ2v) is 5.50. The molecular weight excluding hydrogens is 212 g/mol. The first-order valence-electron chi connectivity index (χ1n) is 6.72. The van der Waals surface area contributed by atoms with Crippen LogP contribution >= 0.6 is 0 Å². The van der Waals surface area contributed by atoms with Gasteiger partial charge < -0.3 is 9.73 Å². The molecule has 3 heteroatoms. The van der Waals surface area contributed by atoms with Crippen LogP contribution in [-0.2, 0) is 12.8 Å². The third kappa shape index (κ3) is 6.47. The molecule has 0 saturated heterocycles. The van der Waals surface area contributed by atoms with Crippen LogP contribution in [0.2, 0.25) is 0 Å². The highest BCUT2D eigenvalue weighted by molar-refractivity contribution is 4.94. The van der Waals surface area contributed by atoms with Crippen LogP contribution in [0.1, 0.15) is 45.8 Å². The maximum absolute atomic E-state index is 5.69. The summed E-state index contributed by atoms with van der Waals surface area (Å²) in [5, 5.41) is 3.39. The molecule has 3 nitrogen and oxygen atoms in total. The van der Waals surface area contributed by atoms with Gasteiger partial charge in [0.05, 0.1) is 6.20 Å². The van der Waals surface area contributed by atoms with Crippen molar-refractivity contribution in [2.24, 2.45) is 11.8 Å². The van der Waals surface area contributed by atoms with Crippen LogP contribution in [0, 0.1) is 11.8 Å². The molecule has 1 aromatic heterocycles. The van der Waals surface area contributed by atoms with E-state index in [0.717, 1.165) is 43.5 Å². The number of nitrogens with zero attached hydrogens (tertiary/aromatic N) is 1. The molecule has 0 fully saturated rings. The number of nitrogens with one attached hydrogen (secondary N) is 1. The summed E-state index contributed by atoms with van der Waals surface area (Å²) < 4.78 is 5.69. The van der Waals surface area contributed by atoms with Gasteiger partial charge in [-0.3, -0.25) is 0 Å². The van der Waals surface area contributed by atoms with E-state index >= 15 is 0 Å². The van der Waals surface area contributed by atoms with E-state index in [2.05, 4.69) is 38.0 Å². The quantitative estimate of drug-likeness (QED) is 0.707. The Morgan fingerprint density at radius 2 is 1.94 bits per heavy atom. The minimum Gasteiger partial charge on any atom is -0.446 e. The van der Waals surface area contributed by atoms with Crippen LogP contribution in [0.15, 0.2) is 10.6 Å². The second-order valence-electron chi connectivity index (χ2n) is 5.50. The first kappa shape index (κ1) is 14.2. The van der Waals surface area contributed by atoms with E-state index < -0.39 is 0 Å². The van der Waals surface area contributed by atoms with E-state index in [1.165, 1.54) is 6.42 Å². The van der Waals surface area contributed by atoms with Crippen molar-refractivity contribution in [3.05, 3.63) is 17.8 Å². The number of oxazole rings is 1. The van der Waals surface area contributed by atoms with Crippen molar-refractivity contribution in [3.8, 4) is 0 Å². The molecule has 0 unspecified atom stereocenters. The molecule has 1 aromatic rings. The van der Waals surface area contributed by atoms with E-state index in [0.29, 0.717) is 5.92 Å². The molecule has 0 saturated carbocycles. The van der Waals surface area contributed by atoms with Crippen molar-refractivity contribution in [3.63, 3.8) is 0 Å². The predicted molar refractivity (Wildman–Crippen MR) is 71.1 cm³/mol. The fraction of sp³-hybridized carbons (Fsp3) is 0.786. The first-order valence-corrected chi connectivity index (χ1v) is 6.72. The minimum atomic E-state index is 0.696. The summed E-state index contributed by atoms with van der Waals surface area (Å²) in [6.45, 7) is 10.9. The highest BCUT2D eigenvalue weighted by Gasteiger charge is 2.05. The molecule has 0 radical (unpaired) electrons. The summed E-state index contributed by atoms with van der Waals surface area (Å²) in [6, 6.07) is 0. The third-order valence-electron chi connectivity index (χ3n) is 2.64. The Hall–Kier alpha value is -0.830. The molecule has 0 bridgehead atoms. The lowest BCUT2D eigenvalue weighted by atomic mass is 10.1. The van der Waals surface area contributed by atoms with Crippen LogP contribution in [-0.4, -0.2) is 18.1 Å². The van der Waals surface area contributed by atoms with Gasteiger partial charge in [-0.15, -0.1) is 0 Å². The summed E-state index contributed by atoms with van der Waals surface area (Å²) in [5.41, 5.74) is 0. The predicted octanol–water partition coefficient (Wildman–Crippen LogP) is 3.05. The van der Waals surface area contributed by atoms with E-state index in [1.807, 2.05) is 6.20 Å². The third-order valence-corrected chi connectivity index (χ3v) is 2.64. The minimum absolute atomic E-state index is 0.696. The molecule has 0 aliphatic heterocycles. The highest BCUT2D eigenvalue weighted by Crippen LogP contribution is 2.10. The molecule has 0 aliphatic rings. The molecule has 0 aromatic carbocycles. The van der Waals surface area contributed by atoms with Crippen molar-refractivity contribution < 1.29 is 4.42 Å². The number of hydrogen-bond acceptors (Lipinski definition) is 3. The Balaban J connectivity index is 2.21. The molecule has 0 aliphatic carbocycles. The van der Waals surface area contributed by atoms with Gasteiger partial charge in [-0.05, 0) is 24.8 Å². The highest BCUT2D eigenvalue weighted by atomic mass is 16.4. The van der Waals surface area contributed by atoms with Crippen molar-refractivity contribution in [1.29, 1.82) is 0 Å². The molecule has 98 valence electrons. The molecule has 0 spiro atoms. The normalized spacial score (nSPS) is 11.6. The molecule has 0 amide bonds. The van der Waals surface area contributed by atoms with E-state index in [1.54, 1.807) is 0 Å². The fourth-order valence-corrected chi connectivity index (χ4v) is 1.60. The average Bonchev–Trinajstić information content (AvgIpc) is 2.69. The van der Waals surface area contributed by atoms with Crippen LogP contribution in [0.4, 0.5) is 0 Å². The van der Waals surface area contributed by atoms with Crippen molar-refractivity contribution in [2.75, 3.05) is 13.1 Å². The topological polar surface area (TPSA) is 38.1 Å². The van der Waals surface area contributed by atoms with Gasteiger partial charge in [-0.25, -0.2) is 4.98 Å². The Morgan fingerprint density at radius 1 is 1.18 bits per heavy atom. The van der Waals surface area contributed by atoms with Gasteiger partial charge in [-0.1, -0.05) is 27.7 Å². The first-order chi connectivity index (χ1) is 8.08. The lowest BCUT2D eigenvalue weighted by Crippen LogP contribution is -2.22. The standard InChI is InChI=1S/C14H26N2O/c1-11(2)5-6-13-10-16-14(17-13)7-8-15-9-12(3)4/h10-12,15H,5-9H2,1-4H3. The fourth-order valence-electron chi connectivity index (χ4n) is 1.60. The summed E-state index contributed by atoms with van der Waals surface area (Å²) in [5.74, 6) is 3.30. The number of aromatic nitrogens is 1. The lowest BCUT2D eigenvalue weighted by Gasteiger charge is -2.05. The molecule has 1 rings (SSSR count). The summed E-state index contributed by atoms with van der Waals surface area (Å²) in [6.07, 6.45) is 4.93. The average molecular weight is 238 g/mol. The zero-order valence-electron chi connectivity index (χ0n) is 11.6. The van der Waals surface area contributed by atoms with E-state index in [4.69, 9.17) is 4.42 Å². The second kappa shape index (κ2) is 7.49. The van der Waals surface area contributed by atoms with Crippen LogP contribution in [0.25, 0.3) is 0 Å². The molecule has 0 atom stereocenters. The van der Waals surface area contributed by atoms with Crippen LogP contribution in [0.3, 0.4) is 0 Å². The largest absolute Gasteiger partial charge is 0.446 e.